The van der Waals surface area contributed by atoms with E-state index in [9.17, 15) is 4.79 Å². The Morgan fingerprint density at radius 3 is 2.62 bits per heavy atom. The number of para-hydroxylation sites is 1. The second-order valence-corrected chi connectivity index (χ2v) is 7.31. The van der Waals surface area contributed by atoms with Gasteiger partial charge in [0.2, 0.25) is 0 Å². The van der Waals surface area contributed by atoms with E-state index in [0.717, 1.165) is 38.4 Å². The highest BCUT2D eigenvalue weighted by Crippen LogP contribution is 2.37. The van der Waals surface area contributed by atoms with E-state index in [1.807, 2.05) is 24.0 Å². The van der Waals surface area contributed by atoms with E-state index in [-0.39, 0.29) is 5.91 Å². The third-order valence-corrected chi connectivity index (χ3v) is 5.29. The van der Waals surface area contributed by atoms with Crippen molar-refractivity contribution < 1.29 is 4.79 Å². The van der Waals surface area contributed by atoms with Gasteiger partial charge in [0, 0.05) is 44.0 Å². The third kappa shape index (κ3) is 3.05. The highest BCUT2D eigenvalue weighted by Gasteiger charge is 2.29. The van der Waals surface area contributed by atoms with Crippen molar-refractivity contribution in [2.24, 2.45) is 0 Å². The molecule has 1 unspecified atom stereocenters. The maximum Gasteiger partial charge on any atom is 0.272 e. The zero-order valence-corrected chi connectivity index (χ0v) is 15.6. The topological polar surface area (TPSA) is 52.6 Å². The fourth-order valence-electron chi connectivity index (χ4n) is 3.87. The molecule has 136 valence electrons. The van der Waals surface area contributed by atoms with Gasteiger partial charge in [0.15, 0.2) is 0 Å². The highest BCUT2D eigenvalue weighted by atomic mass is 16.2. The molecule has 4 rings (SSSR count). The van der Waals surface area contributed by atoms with Gasteiger partial charge in [-0.05, 0) is 38.9 Å². The molecule has 0 radical (unpaired) electrons. The average Bonchev–Trinajstić information content (AvgIpc) is 2.97. The maximum absolute atomic E-state index is 13.0. The number of nitrogens with zero attached hydrogens (tertiary/aromatic N) is 5. The monoisotopic (exact) mass is 351 g/mol. The molecule has 1 amide bonds. The van der Waals surface area contributed by atoms with Gasteiger partial charge in [-0.3, -0.25) is 4.79 Å². The van der Waals surface area contributed by atoms with E-state index >= 15 is 0 Å². The molecular weight excluding hydrogens is 326 g/mol. The zero-order valence-electron chi connectivity index (χ0n) is 15.6. The molecule has 1 fully saturated rings. The molecule has 0 N–H and O–H groups in total. The lowest BCUT2D eigenvalue weighted by Gasteiger charge is -2.32. The summed E-state index contributed by atoms with van der Waals surface area (Å²) < 4.78 is 0. The molecular formula is C20H25N5O. The maximum atomic E-state index is 13.0. The minimum Gasteiger partial charge on any atom is -0.335 e. The number of carbonyl (C=O) groups excluding carboxylic acids is 1. The number of hydrogen-bond donors (Lipinski definition) is 0. The number of aryl methyl sites for hydroxylation is 1. The van der Waals surface area contributed by atoms with E-state index in [0.29, 0.717) is 17.6 Å². The number of amides is 1. The lowest BCUT2D eigenvalue weighted by atomic mass is 10.1. The lowest BCUT2D eigenvalue weighted by Crippen LogP contribution is -2.47. The van der Waals surface area contributed by atoms with Crippen LogP contribution in [0.1, 0.15) is 28.8 Å². The van der Waals surface area contributed by atoms with E-state index in [1.54, 1.807) is 0 Å². The standard InChI is InChI=1S/C20H25N5O/c1-14-12-16-6-4-5-7-18(16)25(14)19-13-17(21-15(2)22-19)20(26)24-10-8-23(3)9-11-24/h4-7,13-14H,8-12H2,1-3H3. The van der Waals surface area contributed by atoms with E-state index in [4.69, 9.17) is 0 Å². The van der Waals surface area contributed by atoms with Crippen LogP contribution in [-0.4, -0.2) is 64.9 Å². The Hall–Kier alpha value is -2.47. The van der Waals surface area contributed by atoms with Crippen molar-refractivity contribution in [2.45, 2.75) is 26.3 Å². The number of aromatic nitrogens is 2. The molecule has 6 nitrogen and oxygen atoms in total. The number of likely N-dealkylation sites (N-methyl/N-ethyl adjacent to an activating group) is 1. The first-order chi connectivity index (χ1) is 12.5. The van der Waals surface area contributed by atoms with Crippen LogP contribution in [-0.2, 0) is 6.42 Å². The molecule has 1 aromatic carbocycles. The zero-order chi connectivity index (χ0) is 18.3. The minimum absolute atomic E-state index is 0.00462. The van der Waals surface area contributed by atoms with Gasteiger partial charge in [0.1, 0.15) is 17.3 Å². The first-order valence-corrected chi connectivity index (χ1v) is 9.23. The SMILES string of the molecule is Cc1nc(C(=O)N2CCN(C)CC2)cc(N2c3ccccc3CC2C)n1. The van der Waals surface area contributed by atoms with Crippen molar-refractivity contribution in [1.29, 1.82) is 0 Å². The highest BCUT2D eigenvalue weighted by molar-refractivity contribution is 5.93. The van der Waals surface area contributed by atoms with Crippen LogP contribution in [0.4, 0.5) is 11.5 Å². The number of hydrogen-bond acceptors (Lipinski definition) is 5. The fraction of sp³-hybridized carbons (Fsp3) is 0.450. The fourth-order valence-corrected chi connectivity index (χ4v) is 3.87. The molecule has 2 aliphatic heterocycles. The Kier molecular flexibility index (Phi) is 4.36. The van der Waals surface area contributed by atoms with Gasteiger partial charge in [-0.2, -0.15) is 0 Å². The summed E-state index contributed by atoms with van der Waals surface area (Å²) in [6, 6.07) is 10.6. The second kappa shape index (κ2) is 6.68. The van der Waals surface area contributed by atoms with Crippen molar-refractivity contribution in [3.8, 4) is 0 Å². The van der Waals surface area contributed by atoms with Crippen LogP contribution in [0.5, 0.6) is 0 Å². The normalized spacial score (nSPS) is 20.3. The first kappa shape index (κ1) is 17.0. The number of piperazine rings is 1. The van der Waals surface area contributed by atoms with Crippen LogP contribution in [0, 0.1) is 6.92 Å². The van der Waals surface area contributed by atoms with Crippen LogP contribution >= 0.6 is 0 Å². The van der Waals surface area contributed by atoms with Gasteiger partial charge >= 0.3 is 0 Å². The molecule has 1 aromatic heterocycles. The minimum atomic E-state index is 0.00462. The van der Waals surface area contributed by atoms with Crippen molar-refractivity contribution >= 4 is 17.4 Å². The molecule has 26 heavy (non-hydrogen) atoms. The summed E-state index contributed by atoms with van der Waals surface area (Å²) in [5.41, 5.74) is 2.99. The Morgan fingerprint density at radius 2 is 1.85 bits per heavy atom. The van der Waals surface area contributed by atoms with Crippen molar-refractivity contribution in [2.75, 3.05) is 38.1 Å². The van der Waals surface area contributed by atoms with E-state index in [2.05, 4.69) is 51.9 Å². The van der Waals surface area contributed by atoms with Crippen LogP contribution in [0.2, 0.25) is 0 Å². The van der Waals surface area contributed by atoms with Crippen molar-refractivity contribution in [3.63, 3.8) is 0 Å². The van der Waals surface area contributed by atoms with Gasteiger partial charge < -0.3 is 14.7 Å². The number of fused-ring (bicyclic) bond motifs is 1. The average molecular weight is 351 g/mol. The Bertz CT molecular complexity index is 829. The molecule has 1 atom stereocenters. The molecule has 2 aliphatic rings. The molecule has 0 aliphatic carbocycles. The van der Waals surface area contributed by atoms with E-state index in [1.165, 1.54) is 11.3 Å². The summed E-state index contributed by atoms with van der Waals surface area (Å²) in [6.45, 7) is 7.35. The van der Waals surface area contributed by atoms with Crippen LogP contribution in [0.3, 0.4) is 0 Å². The molecule has 0 spiro atoms. The largest absolute Gasteiger partial charge is 0.335 e. The predicted molar refractivity (Wildman–Crippen MR) is 102 cm³/mol. The summed E-state index contributed by atoms with van der Waals surface area (Å²) in [4.78, 5) is 28.4. The molecule has 0 bridgehead atoms. The van der Waals surface area contributed by atoms with Crippen LogP contribution in [0.15, 0.2) is 30.3 Å². The van der Waals surface area contributed by atoms with Gasteiger partial charge in [-0.15, -0.1) is 0 Å². The summed E-state index contributed by atoms with van der Waals surface area (Å²) >= 11 is 0. The Morgan fingerprint density at radius 1 is 1.12 bits per heavy atom. The second-order valence-electron chi connectivity index (χ2n) is 7.31. The van der Waals surface area contributed by atoms with Crippen LogP contribution < -0.4 is 4.90 Å². The molecule has 6 heteroatoms. The Labute approximate surface area is 154 Å². The van der Waals surface area contributed by atoms with Crippen molar-refractivity contribution in [1.82, 2.24) is 19.8 Å². The quantitative estimate of drug-likeness (QED) is 0.831. The lowest BCUT2D eigenvalue weighted by molar-refractivity contribution is 0.0658. The van der Waals surface area contributed by atoms with Gasteiger partial charge in [0.05, 0.1) is 0 Å². The summed E-state index contributed by atoms with van der Waals surface area (Å²) in [5, 5.41) is 0. The summed E-state index contributed by atoms with van der Waals surface area (Å²) in [6.07, 6.45) is 0.987. The summed E-state index contributed by atoms with van der Waals surface area (Å²) in [5.74, 6) is 1.45. The summed E-state index contributed by atoms with van der Waals surface area (Å²) in [7, 11) is 2.08. The number of anilines is 2. The number of rotatable bonds is 2. The third-order valence-electron chi connectivity index (χ3n) is 5.29. The Balaban J connectivity index is 1.66. The molecule has 3 heterocycles. The van der Waals surface area contributed by atoms with Gasteiger partial charge in [0.25, 0.3) is 5.91 Å². The van der Waals surface area contributed by atoms with Crippen LogP contribution in [0.25, 0.3) is 0 Å². The molecule has 2 aromatic rings. The number of benzene rings is 1. The molecule has 1 saturated heterocycles. The smallest absolute Gasteiger partial charge is 0.272 e. The number of carbonyl (C=O) groups is 1. The predicted octanol–water partition coefficient (Wildman–Crippen LogP) is 2.26. The van der Waals surface area contributed by atoms with Gasteiger partial charge in [-0.25, -0.2) is 9.97 Å². The van der Waals surface area contributed by atoms with Gasteiger partial charge in [-0.1, -0.05) is 18.2 Å². The molecule has 0 saturated carbocycles. The van der Waals surface area contributed by atoms with Crippen molar-refractivity contribution in [3.05, 3.63) is 47.4 Å². The van der Waals surface area contributed by atoms with E-state index < -0.39 is 0 Å². The first-order valence-electron chi connectivity index (χ1n) is 9.23.